The van der Waals surface area contributed by atoms with Gasteiger partial charge in [0.1, 0.15) is 24.8 Å². The van der Waals surface area contributed by atoms with E-state index < -0.39 is 6.67 Å². The first-order valence-corrected chi connectivity index (χ1v) is 10.7. The van der Waals surface area contributed by atoms with Crippen LogP contribution in [0.1, 0.15) is 18.4 Å². The summed E-state index contributed by atoms with van der Waals surface area (Å²) in [4.78, 5) is 11.6. The number of ether oxygens (including phenoxy) is 2. The number of aliphatic hydroxyl groups excluding tert-OH is 1. The second-order valence-corrected chi connectivity index (χ2v) is 7.74. The molecule has 0 fully saturated rings. The van der Waals surface area contributed by atoms with Crippen molar-refractivity contribution in [1.82, 2.24) is 14.7 Å². The van der Waals surface area contributed by atoms with Crippen LogP contribution in [0.3, 0.4) is 0 Å². The minimum atomic E-state index is -0.561. The van der Waals surface area contributed by atoms with Crippen LogP contribution in [0.4, 0.5) is 4.39 Å². The van der Waals surface area contributed by atoms with Gasteiger partial charge in [0.05, 0.1) is 43.4 Å². The van der Waals surface area contributed by atoms with E-state index in [9.17, 15) is 9.50 Å². The highest BCUT2D eigenvalue weighted by Gasteiger charge is 2.28. The lowest BCUT2D eigenvalue weighted by Gasteiger charge is -2.36. The summed E-state index contributed by atoms with van der Waals surface area (Å²) in [6, 6.07) is -0.125. The zero-order chi connectivity index (χ0) is 22.5. The summed E-state index contributed by atoms with van der Waals surface area (Å²) in [7, 11) is 3.48. The predicted molar refractivity (Wildman–Crippen MR) is 120 cm³/mol. The molecule has 2 atom stereocenters. The molecule has 4 rings (SSSR count). The molecule has 0 bridgehead atoms. The molecule has 0 radical (unpaired) electrons. The van der Waals surface area contributed by atoms with Gasteiger partial charge in [-0.1, -0.05) is 6.08 Å². The third-order valence-corrected chi connectivity index (χ3v) is 5.57. The smallest absolute Gasteiger partial charge is 0.123 e. The van der Waals surface area contributed by atoms with E-state index in [4.69, 9.17) is 14.5 Å². The molecular formula is C23H28FN5O3. The van der Waals surface area contributed by atoms with E-state index in [2.05, 4.69) is 21.1 Å². The fraction of sp³-hybridized carbons (Fsp3) is 0.435. The van der Waals surface area contributed by atoms with Crippen molar-refractivity contribution in [2.45, 2.75) is 24.9 Å². The summed E-state index contributed by atoms with van der Waals surface area (Å²) < 4.78 is 25.3. The number of hydrogen-bond donors (Lipinski definition) is 1. The maximum atomic E-state index is 12.6. The molecule has 2 heterocycles. The number of halogens is 1. The van der Waals surface area contributed by atoms with Gasteiger partial charge in [-0.15, -0.1) is 0 Å². The fourth-order valence-electron chi connectivity index (χ4n) is 4.03. The minimum absolute atomic E-state index is 0.00961. The lowest BCUT2D eigenvalue weighted by Crippen LogP contribution is -2.38. The third kappa shape index (κ3) is 4.83. The Morgan fingerprint density at radius 1 is 1.34 bits per heavy atom. The SMILES string of the molecule is COC1=CC(OCCF)=CC(N(CCO)C2=CCC3N=CC(c4cnn(C)c4)=NC3=C2)C1. The van der Waals surface area contributed by atoms with Gasteiger partial charge in [-0.05, 0) is 18.6 Å². The average Bonchev–Trinajstić information content (AvgIpc) is 3.26. The molecule has 3 aliphatic rings. The number of aromatic nitrogens is 2. The molecule has 2 aliphatic carbocycles. The Hall–Kier alpha value is -3.20. The molecule has 1 aromatic heterocycles. The van der Waals surface area contributed by atoms with Crippen LogP contribution in [0.5, 0.6) is 0 Å². The van der Waals surface area contributed by atoms with Crippen molar-refractivity contribution in [2.75, 3.05) is 33.5 Å². The van der Waals surface area contributed by atoms with Gasteiger partial charge in [0, 0.05) is 49.8 Å². The number of fused-ring (bicyclic) bond motifs is 1. The first-order valence-electron chi connectivity index (χ1n) is 10.7. The summed E-state index contributed by atoms with van der Waals surface area (Å²) in [6.45, 7) is -0.153. The van der Waals surface area contributed by atoms with Crippen molar-refractivity contribution < 1.29 is 19.0 Å². The summed E-state index contributed by atoms with van der Waals surface area (Å²) in [5.41, 5.74) is 3.53. The van der Waals surface area contributed by atoms with Crippen molar-refractivity contribution in [1.29, 1.82) is 0 Å². The third-order valence-electron chi connectivity index (χ3n) is 5.57. The van der Waals surface area contributed by atoms with E-state index in [0.29, 0.717) is 18.7 Å². The molecule has 170 valence electrons. The monoisotopic (exact) mass is 441 g/mol. The number of hydrogen-bond acceptors (Lipinski definition) is 7. The summed E-state index contributed by atoms with van der Waals surface area (Å²) in [5.74, 6) is 1.31. The Balaban J connectivity index is 1.60. The number of allylic oxidation sites excluding steroid dienone is 2. The van der Waals surface area contributed by atoms with E-state index in [1.165, 1.54) is 0 Å². The molecule has 0 saturated heterocycles. The van der Waals surface area contributed by atoms with Crippen LogP contribution in [0.25, 0.3) is 0 Å². The van der Waals surface area contributed by atoms with Crippen LogP contribution in [0, 0.1) is 0 Å². The van der Waals surface area contributed by atoms with Crippen LogP contribution in [-0.2, 0) is 16.5 Å². The Morgan fingerprint density at radius 2 is 2.22 bits per heavy atom. The van der Waals surface area contributed by atoms with Crippen molar-refractivity contribution in [3.05, 3.63) is 65.2 Å². The van der Waals surface area contributed by atoms with Gasteiger partial charge in [-0.3, -0.25) is 9.67 Å². The molecule has 2 unspecified atom stereocenters. The molecule has 0 aromatic carbocycles. The minimum Gasteiger partial charge on any atom is -0.501 e. The average molecular weight is 442 g/mol. The van der Waals surface area contributed by atoms with Gasteiger partial charge in [0.15, 0.2) is 0 Å². The van der Waals surface area contributed by atoms with Crippen LogP contribution in [0.2, 0.25) is 0 Å². The van der Waals surface area contributed by atoms with Crippen LogP contribution in [0.15, 0.2) is 69.6 Å². The van der Waals surface area contributed by atoms with Gasteiger partial charge in [-0.2, -0.15) is 5.10 Å². The number of aliphatic imine (C=N–C) groups is 2. The van der Waals surface area contributed by atoms with Crippen LogP contribution < -0.4 is 0 Å². The zero-order valence-electron chi connectivity index (χ0n) is 18.3. The highest BCUT2D eigenvalue weighted by molar-refractivity contribution is 6.38. The molecule has 0 saturated carbocycles. The van der Waals surface area contributed by atoms with Crippen molar-refractivity contribution in [2.24, 2.45) is 17.0 Å². The molecule has 0 amide bonds. The largest absolute Gasteiger partial charge is 0.501 e. The van der Waals surface area contributed by atoms with Crippen LogP contribution >= 0.6 is 0 Å². The van der Waals surface area contributed by atoms with Crippen molar-refractivity contribution in [3.8, 4) is 0 Å². The number of nitrogens with zero attached hydrogens (tertiary/aromatic N) is 5. The van der Waals surface area contributed by atoms with Gasteiger partial charge in [0.25, 0.3) is 0 Å². The van der Waals surface area contributed by atoms with Crippen molar-refractivity contribution >= 4 is 11.9 Å². The lowest BCUT2D eigenvalue weighted by atomic mass is 9.98. The molecule has 1 N–H and O–H groups in total. The Bertz CT molecular complexity index is 1020. The van der Waals surface area contributed by atoms with Crippen molar-refractivity contribution in [3.63, 3.8) is 0 Å². The molecule has 8 nitrogen and oxygen atoms in total. The summed E-state index contributed by atoms with van der Waals surface area (Å²) >= 11 is 0. The number of aliphatic hydroxyl groups is 1. The Kier molecular flexibility index (Phi) is 6.84. The highest BCUT2D eigenvalue weighted by Crippen LogP contribution is 2.31. The first-order chi connectivity index (χ1) is 15.6. The van der Waals surface area contributed by atoms with Gasteiger partial charge in [-0.25, -0.2) is 9.38 Å². The standard InChI is InChI=1S/C23H28FN5O3/c1-28-15-16(13-26-28)23-14-25-21-4-3-17(11-22(21)27-23)29(6-7-30)18-9-19(31-2)12-20(10-18)32-8-5-24/h3,10-15,18,21,30H,4-9H2,1-2H3. The predicted octanol–water partition coefficient (Wildman–Crippen LogP) is 2.30. The summed E-state index contributed by atoms with van der Waals surface area (Å²) in [6.07, 6.45) is 14.7. The number of aryl methyl sites for hydroxylation is 1. The van der Waals surface area contributed by atoms with E-state index in [1.54, 1.807) is 30.3 Å². The maximum Gasteiger partial charge on any atom is 0.123 e. The molecule has 1 aliphatic heterocycles. The highest BCUT2D eigenvalue weighted by atomic mass is 19.1. The molecule has 32 heavy (non-hydrogen) atoms. The second kappa shape index (κ2) is 9.95. The normalized spacial score (nSPS) is 22.2. The first kappa shape index (κ1) is 22.0. The molecule has 9 heteroatoms. The van der Waals surface area contributed by atoms with Gasteiger partial charge >= 0.3 is 0 Å². The topological polar surface area (TPSA) is 84.5 Å². The Labute approximate surface area is 186 Å². The van der Waals surface area contributed by atoms with E-state index in [1.807, 2.05) is 25.4 Å². The Morgan fingerprint density at radius 3 is 2.94 bits per heavy atom. The molecule has 1 aromatic rings. The number of rotatable bonds is 9. The van der Waals surface area contributed by atoms with E-state index in [0.717, 1.165) is 34.8 Å². The fourth-order valence-corrected chi connectivity index (χ4v) is 4.03. The summed E-state index contributed by atoms with van der Waals surface area (Å²) in [5, 5.41) is 14.0. The molecular weight excluding hydrogens is 413 g/mol. The van der Waals surface area contributed by atoms with Gasteiger partial charge < -0.3 is 19.5 Å². The lowest BCUT2D eigenvalue weighted by molar-refractivity contribution is 0.164. The number of alkyl halides is 1. The van der Waals surface area contributed by atoms with Gasteiger partial charge in [0.2, 0.25) is 0 Å². The quantitative estimate of drug-likeness (QED) is 0.636. The van der Waals surface area contributed by atoms with Crippen LogP contribution in [-0.4, -0.2) is 77.3 Å². The number of methoxy groups -OCH3 is 1. The second-order valence-electron chi connectivity index (χ2n) is 7.74. The van der Waals surface area contributed by atoms with E-state index in [-0.39, 0.29) is 25.3 Å². The molecule has 0 spiro atoms. The maximum absolute atomic E-state index is 12.6. The zero-order valence-corrected chi connectivity index (χ0v) is 18.3. The van der Waals surface area contributed by atoms with E-state index >= 15 is 0 Å².